The van der Waals surface area contributed by atoms with Gasteiger partial charge >= 0.3 is 0 Å². The minimum absolute atomic E-state index is 0.583. The van der Waals surface area contributed by atoms with Crippen molar-refractivity contribution < 1.29 is 0 Å². The van der Waals surface area contributed by atoms with Crippen LogP contribution in [0.4, 0.5) is 5.82 Å². The van der Waals surface area contributed by atoms with Crippen molar-refractivity contribution in [2.75, 3.05) is 5.73 Å². The molecule has 0 saturated heterocycles. The van der Waals surface area contributed by atoms with Crippen LogP contribution in [-0.2, 0) is 6.54 Å². The van der Waals surface area contributed by atoms with Crippen LogP contribution in [0, 0.1) is 18.3 Å². The maximum Gasteiger partial charge on any atom is 0.145 e. The van der Waals surface area contributed by atoms with Gasteiger partial charge in [-0.2, -0.15) is 10.4 Å². The summed E-state index contributed by atoms with van der Waals surface area (Å²) in [5.74, 6) is 0.583. The Kier molecular flexibility index (Phi) is 3.99. The lowest BCUT2D eigenvalue weighted by Crippen LogP contribution is -2.02. The molecule has 0 aliphatic carbocycles. The SMILES string of the molecule is Cc1cc(N)nn1CCCCCC#N. The third-order valence-electron chi connectivity index (χ3n) is 2.16. The van der Waals surface area contributed by atoms with E-state index < -0.39 is 0 Å². The van der Waals surface area contributed by atoms with E-state index >= 15 is 0 Å². The van der Waals surface area contributed by atoms with Crippen molar-refractivity contribution in [2.24, 2.45) is 0 Å². The standard InChI is InChI=1S/C10H16N4/c1-9-8-10(12)13-14(9)7-5-3-2-4-6-11/h8H,2-5,7H2,1H3,(H2,12,13). The van der Waals surface area contributed by atoms with E-state index in [4.69, 9.17) is 11.0 Å². The first-order valence-electron chi connectivity index (χ1n) is 4.91. The molecule has 4 nitrogen and oxygen atoms in total. The minimum Gasteiger partial charge on any atom is -0.382 e. The normalized spacial score (nSPS) is 10.0. The molecule has 1 aromatic rings. The highest BCUT2D eigenvalue weighted by Crippen LogP contribution is 2.07. The maximum atomic E-state index is 8.35. The van der Waals surface area contributed by atoms with Crippen molar-refractivity contribution in [1.29, 1.82) is 5.26 Å². The van der Waals surface area contributed by atoms with Crippen LogP contribution >= 0.6 is 0 Å². The highest BCUT2D eigenvalue weighted by molar-refractivity contribution is 5.28. The van der Waals surface area contributed by atoms with Gasteiger partial charge in [0.05, 0.1) is 6.07 Å². The predicted molar refractivity (Wildman–Crippen MR) is 55.5 cm³/mol. The third-order valence-corrected chi connectivity index (χ3v) is 2.16. The van der Waals surface area contributed by atoms with Gasteiger partial charge in [0.15, 0.2) is 0 Å². The summed E-state index contributed by atoms with van der Waals surface area (Å²) < 4.78 is 1.92. The highest BCUT2D eigenvalue weighted by Gasteiger charge is 1.99. The Bertz CT molecular complexity index is 321. The van der Waals surface area contributed by atoms with Crippen LogP contribution in [0.2, 0.25) is 0 Å². The summed E-state index contributed by atoms with van der Waals surface area (Å²) in [6, 6.07) is 4.01. The molecule has 0 aromatic carbocycles. The number of rotatable bonds is 5. The second-order valence-corrected chi connectivity index (χ2v) is 3.40. The fraction of sp³-hybridized carbons (Fsp3) is 0.600. The number of hydrogen-bond donors (Lipinski definition) is 1. The van der Waals surface area contributed by atoms with E-state index in [1.807, 2.05) is 17.7 Å². The summed E-state index contributed by atoms with van der Waals surface area (Å²) in [6.45, 7) is 2.90. The summed E-state index contributed by atoms with van der Waals surface area (Å²) >= 11 is 0. The molecule has 0 spiro atoms. The second-order valence-electron chi connectivity index (χ2n) is 3.40. The summed E-state index contributed by atoms with van der Waals surface area (Å²) in [5, 5.41) is 12.5. The Hall–Kier alpha value is -1.50. The molecule has 4 heteroatoms. The number of nitrogen functional groups attached to an aromatic ring is 1. The van der Waals surface area contributed by atoms with Crippen molar-refractivity contribution in [1.82, 2.24) is 9.78 Å². The topological polar surface area (TPSA) is 67.6 Å². The van der Waals surface area contributed by atoms with Gasteiger partial charge in [-0.3, -0.25) is 4.68 Å². The average molecular weight is 192 g/mol. The lowest BCUT2D eigenvalue weighted by molar-refractivity contribution is 0.538. The van der Waals surface area contributed by atoms with Crippen LogP contribution in [0.5, 0.6) is 0 Å². The number of unbranched alkanes of at least 4 members (excludes halogenated alkanes) is 3. The fourth-order valence-electron chi connectivity index (χ4n) is 1.40. The van der Waals surface area contributed by atoms with E-state index in [0.717, 1.165) is 31.5 Å². The minimum atomic E-state index is 0.583. The number of nitrogens with zero attached hydrogens (tertiary/aromatic N) is 3. The lowest BCUT2D eigenvalue weighted by Gasteiger charge is -2.02. The number of aryl methyl sites for hydroxylation is 2. The first kappa shape index (κ1) is 10.6. The molecule has 1 heterocycles. The molecule has 0 atom stereocenters. The zero-order valence-electron chi connectivity index (χ0n) is 8.53. The Morgan fingerprint density at radius 2 is 2.29 bits per heavy atom. The molecule has 0 saturated carbocycles. The quantitative estimate of drug-likeness (QED) is 0.724. The second kappa shape index (κ2) is 5.28. The van der Waals surface area contributed by atoms with Gasteiger partial charge in [0, 0.05) is 24.7 Å². The average Bonchev–Trinajstić information content (AvgIpc) is 2.45. The van der Waals surface area contributed by atoms with Crippen molar-refractivity contribution in [3.8, 4) is 6.07 Å². The van der Waals surface area contributed by atoms with Gasteiger partial charge in [0.2, 0.25) is 0 Å². The van der Waals surface area contributed by atoms with Gasteiger partial charge < -0.3 is 5.73 Å². The van der Waals surface area contributed by atoms with Crippen LogP contribution < -0.4 is 5.73 Å². The molecule has 76 valence electrons. The van der Waals surface area contributed by atoms with Crippen molar-refractivity contribution in [3.63, 3.8) is 0 Å². The predicted octanol–water partition coefficient (Wildman–Crippen LogP) is 1.86. The molecule has 1 rings (SSSR count). The summed E-state index contributed by atoms with van der Waals surface area (Å²) in [6.07, 6.45) is 3.77. The Morgan fingerprint density at radius 3 is 2.86 bits per heavy atom. The fourth-order valence-corrected chi connectivity index (χ4v) is 1.40. The molecule has 0 aliphatic heterocycles. The van der Waals surface area contributed by atoms with Crippen LogP contribution in [0.3, 0.4) is 0 Å². The zero-order valence-corrected chi connectivity index (χ0v) is 8.53. The summed E-state index contributed by atoms with van der Waals surface area (Å²) in [7, 11) is 0. The Morgan fingerprint density at radius 1 is 1.50 bits per heavy atom. The molecule has 14 heavy (non-hydrogen) atoms. The van der Waals surface area contributed by atoms with E-state index in [9.17, 15) is 0 Å². The molecule has 0 radical (unpaired) electrons. The van der Waals surface area contributed by atoms with Gasteiger partial charge in [-0.05, 0) is 19.8 Å². The molecule has 0 unspecified atom stereocenters. The maximum absolute atomic E-state index is 8.35. The number of nitriles is 1. The molecule has 0 bridgehead atoms. The van der Waals surface area contributed by atoms with Crippen LogP contribution in [0.25, 0.3) is 0 Å². The van der Waals surface area contributed by atoms with Crippen molar-refractivity contribution in [2.45, 2.75) is 39.2 Å². The molecule has 2 N–H and O–H groups in total. The van der Waals surface area contributed by atoms with E-state index in [1.54, 1.807) is 0 Å². The molecule has 1 aromatic heterocycles. The third kappa shape index (κ3) is 3.09. The van der Waals surface area contributed by atoms with Gasteiger partial charge in [-0.1, -0.05) is 6.42 Å². The van der Waals surface area contributed by atoms with Gasteiger partial charge in [-0.15, -0.1) is 0 Å². The highest BCUT2D eigenvalue weighted by atomic mass is 15.3. The first-order valence-corrected chi connectivity index (χ1v) is 4.91. The van der Waals surface area contributed by atoms with Crippen molar-refractivity contribution in [3.05, 3.63) is 11.8 Å². The van der Waals surface area contributed by atoms with E-state index in [0.29, 0.717) is 12.2 Å². The largest absolute Gasteiger partial charge is 0.382 e. The zero-order chi connectivity index (χ0) is 10.4. The molecular weight excluding hydrogens is 176 g/mol. The number of aromatic nitrogens is 2. The number of hydrogen-bond acceptors (Lipinski definition) is 3. The molecule has 0 amide bonds. The Balaban J connectivity index is 2.25. The van der Waals surface area contributed by atoms with Crippen LogP contribution in [0.1, 0.15) is 31.4 Å². The van der Waals surface area contributed by atoms with E-state index in [2.05, 4.69) is 11.2 Å². The molecule has 0 fully saturated rings. The van der Waals surface area contributed by atoms with E-state index in [1.165, 1.54) is 0 Å². The molecular formula is C10H16N4. The van der Waals surface area contributed by atoms with Crippen LogP contribution in [-0.4, -0.2) is 9.78 Å². The number of anilines is 1. The summed E-state index contributed by atoms with van der Waals surface area (Å²) in [4.78, 5) is 0. The first-order chi connectivity index (χ1) is 6.74. The number of nitrogens with two attached hydrogens (primary N) is 1. The van der Waals surface area contributed by atoms with Gasteiger partial charge in [0.1, 0.15) is 5.82 Å². The van der Waals surface area contributed by atoms with Crippen molar-refractivity contribution >= 4 is 5.82 Å². The summed E-state index contributed by atoms with van der Waals surface area (Å²) in [5.41, 5.74) is 6.66. The smallest absolute Gasteiger partial charge is 0.145 e. The van der Waals surface area contributed by atoms with E-state index in [-0.39, 0.29) is 0 Å². The monoisotopic (exact) mass is 192 g/mol. The lowest BCUT2D eigenvalue weighted by atomic mass is 10.2. The van der Waals surface area contributed by atoms with Crippen LogP contribution in [0.15, 0.2) is 6.07 Å². The Labute approximate surface area is 84.3 Å². The van der Waals surface area contributed by atoms with Gasteiger partial charge in [-0.25, -0.2) is 0 Å². The molecule has 0 aliphatic rings. The van der Waals surface area contributed by atoms with Gasteiger partial charge in [0.25, 0.3) is 0 Å².